The number of ether oxygens (including phenoxy) is 1. The zero-order valence-corrected chi connectivity index (χ0v) is 12.4. The van der Waals surface area contributed by atoms with Crippen LogP contribution in [0.4, 0.5) is 5.95 Å². The van der Waals surface area contributed by atoms with Crippen molar-refractivity contribution in [1.82, 2.24) is 20.0 Å². The van der Waals surface area contributed by atoms with Crippen molar-refractivity contribution in [3.05, 3.63) is 35.5 Å². The first-order valence-corrected chi connectivity index (χ1v) is 7.69. The lowest BCUT2D eigenvalue weighted by molar-refractivity contribution is 0.131. The number of aromatic nitrogens is 3. The largest absolute Gasteiger partial charge is 0.380 e. The zero-order chi connectivity index (χ0) is 14.8. The molecule has 4 rings (SSSR count). The van der Waals surface area contributed by atoms with Crippen LogP contribution in [0.5, 0.6) is 0 Å². The Labute approximate surface area is 128 Å². The van der Waals surface area contributed by atoms with E-state index < -0.39 is 0 Å². The number of rotatable bonds is 4. The van der Waals surface area contributed by atoms with E-state index in [9.17, 15) is 0 Å². The lowest BCUT2D eigenvalue weighted by atomic mass is 10.0. The number of hydrogen-bond acceptors (Lipinski definition) is 7. The monoisotopic (exact) mass is 301 g/mol. The standard InChI is InChI=1S/C15H19N5O2/c1-4-16-15(17-5-1)18-8-13-12-9-20(11-3-7-21-10-11)6-2-14(12)22-19-13/h1,4-5,11H,2-3,6-10H2,(H,16,17,18). The highest BCUT2D eigenvalue weighted by Gasteiger charge is 2.30. The Bertz CT molecular complexity index is 624. The summed E-state index contributed by atoms with van der Waals surface area (Å²) in [5.41, 5.74) is 2.16. The third-order valence-electron chi connectivity index (χ3n) is 4.34. The maximum atomic E-state index is 5.51. The smallest absolute Gasteiger partial charge is 0.222 e. The van der Waals surface area contributed by atoms with Crippen LogP contribution >= 0.6 is 0 Å². The summed E-state index contributed by atoms with van der Waals surface area (Å²) in [5, 5.41) is 7.42. The van der Waals surface area contributed by atoms with Gasteiger partial charge >= 0.3 is 0 Å². The van der Waals surface area contributed by atoms with Gasteiger partial charge in [0, 0.05) is 50.1 Å². The summed E-state index contributed by atoms with van der Waals surface area (Å²) in [5.74, 6) is 1.62. The van der Waals surface area contributed by atoms with E-state index in [0.717, 1.165) is 50.6 Å². The van der Waals surface area contributed by atoms with Crippen LogP contribution in [-0.4, -0.2) is 45.8 Å². The minimum absolute atomic E-state index is 0.529. The highest BCUT2D eigenvalue weighted by atomic mass is 16.5. The normalized spacial score (nSPS) is 21.7. The van der Waals surface area contributed by atoms with E-state index in [4.69, 9.17) is 9.26 Å². The number of nitrogens with one attached hydrogen (secondary N) is 1. The summed E-state index contributed by atoms with van der Waals surface area (Å²) < 4.78 is 11.0. The minimum atomic E-state index is 0.529. The van der Waals surface area contributed by atoms with Crippen molar-refractivity contribution in [2.45, 2.75) is 32.0 Å². The Kier molecular flexibility index (Phi) is 3.74. The molecule has 0 spiro atoms. The maximum absolute atomic E-state index is 5.51. The third-order valence-corrected chi connectivity index (χ3v) is 4.34. The van der Waals surface area contributed by atoms with Crippen molar-refractivity contribution in [3.8, 4) is 0 Å². The predicted octanol–water partition coefficient (Wildman–Crippen LogP) is 1.22. The molecule has 7 heteroatoms. The first kappa shape index (κ1) is 13.7. The summed E-state index contributed by atoms with van der Waals surface area (Å²) in [6, 6.07) is 2.33. The molecular weight excluding hydrogens is 282 g/mol. The van der Waals surface area contributed by atoms with E-state index in [0.29, 0.717) is 18.5 Å². The number of nitrogens with zero attached hydrogens (tertiary/aromatic N) is 4. The topological polar surface area (TPSA) is 76.3 Å². The molecule has 1 unspecified atom stereocenters. The quantitative estimate of drug-likeness (QED) is 0.910. The van der Waals surface area contributed by atoms with Gasteiger partial charge in [0.1, 0.15) is 11.5 Å². The summed E-state index contributed by atoms with van der Waals surface area (Å²) in [4.78, 5) is 10.8. The van der Waals surface area contributed by atoms with Crippen LogP contribution in [0.15, 0.2) is 23.0 Å². The number of hydrogen-bond donors (Lipinski definition) is 1. The molecule has 2 aliphatic heterocycles. The van der Waals surface area contributed by atoms with Crippen LogP contribution in [-0.2, 0) is 24.2 Å². The van der Waals surface area contributed by atoms with Crippen molar-refractivity contribution in [2.75, 3.05) is 25.1 Å². The van der Waals surface area contributed by atoms with Gasteiger partial charge in [-0.05, 0) is 12.5 Å². The molecule has 1 atom stereocenters. The number of anilines is 1. The van der Waals surface area contributed by atoms with Gasteiger partial charge in [0.15, 0.2) is 0 Å². The van der Waals surface area contributed by atoms with Crippen LogP contribution in [0.3, 0.4) is 0 Å². The molecule has 7 nitrogen and oxygen atoms in total. The second-order valence-corrected chi connectivity index (χ2v) is 5.69. The molecule has 0 aliphatic carbocycles. The van der Waals surface area contributed by atoms with Crippen LogP contribution in [0.25, 0.3) is 0 Å². The lowest BCUT2D eigenvalue weighted by Crippen LogP contribution is -2.39. The average molecular weight is 301 g/mol. The van der Waals surface area contributed by atoms with E-state index in [1.165, 1.54) is 5.56 Å². The molecule has 0 radical (unpaired) electrons. The summed E-state index contributed by atoms with van der Waals surface area (Å²) in [7, 11) is 0. The second-order valence-electron chi connectivity index (χ2n) is 5.69. The van der Waals surface area contributed by atoms with Crippen molar-refractivity contribution >= 4 is 5.95 Å². The van der Waals surface area contributed by atoms with Gasteiger partial charge in [-0.15, -0.1) is 0 Å². The maximum Gasteiger partial charge on any atom is 0.222 e. The van der Waals surface area contributed by atoms with Gasteiger partial charge in [0.05, 0.1) is 13.2 Å². The summed E-state index contributed by atoms with van der Waals surface area (Å²) in [6.45, 7) is 4.20. The first-order chi connectivity index (χ1) is 10.9. The SMILES string of the molecule is c1cnc(NCc2noc3c2CN(C2CCOC2)CC3)nc1. The van der Waals surface area contributed by atoms with Gasteiger partial charge in [-0.25, -0.2) is 9.97 Å². The predicted molar refractivity (Wildman–Crippen MR) is 79.2 cm³/mol. The highest BCUT2D eigenvalue weighted by Crippen LogP contribution is 2.26. The van der Waals surface area contributed by atoms with E-state index >= 15 is 0 Å². The van der Waals surface area contributed by atoms with E-state index in [1.807, 2.05) is 0 Å². The van der Waals surface area contributed by atoms with Crippen LogP contribution < -0.4 is 5.32 Å². The van der Waals surface area contributed by atoms with Crippen molar-refractivity contribution < 1.29 is 9.26 Å². The minimum Gasteiger partial charge on any atom is -0.380 e. The van der Waals surface area contributed by atoms with Gasteiger partial charge in [0.25, 0.3) is 0 Å². The van der Waals surface area contributed by atoms with Gasteiger partial charge in [-0.3, -0.25) is 4.90 Å². The number of fused-ring (bicyclic) bond motifs is 1. The molecular formula is C15H19N5O2. The van der Waals surface area contributed by atoms with Crippen molar-refractivity contribution in [2.24, 2.45) is 0 Å². The van der Waals surface area contributed by atoms with E-state index in [1.54, 1.807) is 18.5 Å². The molecule has 1 N–H and O–H groups in total. The summed E-state index contributed by atoms with van der Waals surface area (Å²) in [6.07, 6.45) is 5.47. The van der Waals surface area contributed by atoms with Crippen LogP contribution in [0.1, 0.15) is 23.4 Å². The van der Waals surface area contributed by atoms with E-state index in [-0.39, 0.29) is 0 Å². The summed E-state index contributed by atoms with van der Waals surface area (Å²) >= 11 is 0. The fourth-order valence-corrected chi connectivity index (χ4v) is 3.10. The Balaban J connectivity index is 1.45. The zero-order valence-electron chi connectivity index (χ0n) is 12.4. The van der Waals surface area contributed by atoms with E-state index in [2.05, 4.69) is 25.3 Å². The fraction of sp³-hybridized carbons (Fsp3) is 0.533. The van der Waals surface area contributed by atoms with Gasteiger partial charge in [-0.2, -0.15) is 0 Å². The van der Waals surface area contributed by atoms with Gasteiger partial charge in [0.2, 0.25) is 5.95 Å². The third kappa shape index (κ3) is 2.69. The molecule has 1 fully saturated rings. The van der Waals surface area contributed by atoms with Gasteiger partial charge in [-0.1, -0.05) is 5.16 Å². The molecule has 2 aliphatic rings. The first-order valence-electron chi connectivity index (χ1n) is 7.69. The molecule has 0 aromatic carbocycles. The molecule has 0 saturated carbocycles. The Morgan fingerprint density at radius 2 is 2.23 bits per heavy atom. The van der Waals surface area contributed by atoms with Crippen LogP contribution in [0.2, 0.25) is 0 Å². The molecule has 116 valence electrons. The average Bonchev–Trinajstić information content (AvgIpc) is 3.23. The van der Waals surface area contributed by atoms with Crippen LogP contribution in [0, 0.1) is 0 Å². The Morgan fingerprint density at radius 3 is 3.05 bits per heavy atom. The highest BCUT2D eigenvalue weighted by molar-refractivity contribution is 5.30. The molecule has 2 aromatic rings. The molecule has 2 aromatic heterocycles. The fourth-order valence-electron chi connectivity index (χ4n) is 3.10. The molecule has 22 heavy (non-hydrogen) atoms. The Hall–Kier alpha value is -1.99. The molecule has 0 amide bonds. The molecule has 1 saturated heterocycles. The molecule has 0 bridgehead atoms. The second kappa shape index (κ2) is 6.02. The van der Waals surface area contributed by atoms with Crippen molar-refractivity contribution in [1.29, 1.82) is 0 Å². The van der Waals surface area contributed by atoms with Gasteiger partial charge < -0.3 is 14.6 Å². The molecule has 4 heterocycles. The Morgan fingerprint density at radius 1 is 1.32 bits per heavy atom. The van der Waals surface area contributed by atoms with Crippen molar-refractivity contribution in [3.63, 3.8) is 0 Å². The lowest BCUT2D eigenvalue weighted by Gasteiger charge is -2.30.